The number of allylic oxidation sites excluding steroid dienone is 2. The van der Waals surface area contributed by atoms with Gasteiger partial charge in [-0.15, -0.1) is 0 Å². The van der Waals surface area contributed by atoms with Gasteiger partial charge in [0.25, 0.3) is 0 Å². The highest BCUT2D eigenvalue weighted by Crippen LogP contribution is 2.51. The van der Waals surface area contributed by atoms with E-state index >= 15 is 0 Å². The Bertz CT molecular complexity index is 864. The van der Waals surface area contributed by atoms with E-state index in [-0.39, 0.29) is 35.2 Å². The van der Waals surface area contributed by atoms with E-state index < -0.39 is 0 Å². The molecule has 28 heavy (non-hydrogen) atoms. The maximum absolute atomic E-state index is 13.2. The van der Waals surface area contributed by atoms with E-state index in [1.165, 1.54) is 0 Å². The smallest absolute Gasteiger partial charge is 0.140 e. The third-order valence-corrected chi connectivity index (χ3v) is 6.27. The topological polar surface area (TPSA) is 34.1 Å². The predicted octanol–water partition coefficient (Wildman–Crippen LogP) is 6.07. The van der Waals surface area contributed by atoms with Crippen molar-refractivity contribution in [2.24, 2.45) is 23.7 Å². The van der Waals surface area contributed by atoms with Crippen LogP contribution in [0.4, 0.5) is 0 Å². The van der Waals surface area contributed by atoms with E-state index in [0.717, 1.165) is 22.3 Å². The lowest BCUT2D eigenvalue weighted by Gasteiger charge is -2.42. The number of hydrogen-bond acceptors (Lipinski definition) is 2. The van der Waals surface area contributed by atoms with Crippen molar-refractivity contribution in [3.05, 3.63) is 71.8 Å². The minimum absolute atomic E-state index is 0.00225. The van der Waals surface area contributed by atoms with Gasteiger partial charge in [-0.2, -0.15) is 0 Å². The summed E-state index contributed by atoms with van der Waals surface area (Å²) in [5.41, 5.74) is 4.47. The number of benzene rings is 2. The van der Waals surface area contributed by atoms with Crippen LogP contribution < -0.4 is 0 Å². The van der Waals surface area contributed by atoms with Gasteiger partial charge in [0.2, 0.25) is 0 Å². The zero-order chi connectivity index (χ0) is 20.3. The largest absolute Gasteiger partial charge is 0.299 e. The summed E-state index contributed by atoms with van der Waals surface area (Å²) in [5, 5.41) is 0. The van der Waals surface area contributed by atoms with Crippen molar-refractivity contribution < 1.29 is 9.59 Å². The van der Waals surface area contributed by atoms with Crippen molar-refractivity contribution in [1.82, 2.24) is 0 Å². The summed E-state index contributed by atoms with van der Waals surface area (Å²) >= 11 is 0. The Kier molecular flexibility index (Phi) is 6.28. The van der Waals surface area contributed by atoms with Gasteiger partial charge >= 0.3 is 0 Å². The molecule has 1 aliphatic carbocycles. The molecule has 3 rings (SSSR count). The van der Waals surface area contributed by atoms with Crippen LogP contribution in [0.15, 0.2) is 60.7 Å². The van der Waals surface area contributed by atoms with Gasteiger partial charge in [-0.1, -0.05) is 88.4 Å². The summed E-state index contributed by atoms with van der Waals surface area (Å²) in [4.78, 5) is 26.1. The van der Waals surface area contributed by atoms with Gasteiger partial charge in [-0.05, 0) is 34.1 Å². The summed E-state index contributed by atoms with van der Waals surface area (Å²) in [6, 6.07) is 20.5. The van der Waals surface area contributed by atoms with Crippen LogP contribution in [-0.2, 0) is 9.59 Å². The van der Waals surface area contributed by atoms with E-state index in [0.29, 0.717) is 12.8 Å². The van der Waals surface area contributed by atoms with Gasteiger partial charge < -0.3 is 0 Å². The van der Waals surface area contributed by atoms with Crippen LogP contribution in [0.5, 0.6) is 0 Å². The van der Waals surface area contributed by atoms with Gasteiger partial charge in [0.15, 0.2) is 0 Å². The molecule has 2 aromatic rings. The Morgan fingerprint density at radius 3 is 1.64 bits per heavy atom. The van der Waals surface area contributed by atoms with Crippen LogP contribution >= 0.6 is 0 Å². The van der Waals surface area contributed by atoms with E-state index in [1.54, 1.807) is 0 Å². The SMILES string of the molecule is CCC(=O)[C@H]1C(c2ccccc2)=C(c2ccccc2)[C@H](C)[C@H](C(=O)CC)[C@@H]1C. The maximum Gasteiger partial charge on any atom is 0.140 e. The normalized spacial score (nSPS) is 24.9. The number of hydrogen-bond donors (Lipinski definition) is 0. The average Bonchev–Trinajstić information content (AvgIpc) is 2.73. The molecule has 4 atom stereocenters. The Morgan fingerprint density at radius 2 is 1.18 bits per heavy atom. The van der Waals surface area contributed by atoms with Crippen molar-refractivity contribution in [3.8, 4) is 0 Å². The Morgan fingerprint density at radius 1 is 0.714 bits per heavy atom. The molecule has 0 unspecified atom stereocenters. The Hall–Kier alpha value is -2.48. The summed E-state index contributed by atoms with van der Waals surface area (Å²) in [7, 11) is 0. The first-order valence-electron chi connectivity index (χ1n) is 10.4. The molecule has 0 aromatic heterocycles. The number of ketones is 2. The molecule has 0 spiro atoms. The van der Waals surface area contributed by atoms with Crippen LogP contribution in [-0.4, -0.2) is 11.6 Å². The lowest BCUT2D eigenvalue weighted by Crippen LogP contribution is -2.41. The molecular weight excluding hydrogens is 344 g/mol. The highest BCUT2D eigenvalue weighted by molar-refractivity contribution is 6.05. The van der Waals surface area contributed by atoms with E-state index in [1.807, 2.05) is 50.2 Å². The average molecular weight is 375 g/mol. The van der Waals surface area contributed by atoms with Crippen molar-refractivity contribution in [3.63, 3.8) is 0 Å². The minimum atomic E-state index is -0.251. The summed E-state index contributed by atoms with van der Waals surface area (Å²) in [6.07, 6.45) is 0.990. The van der Waals surface area contributed by atoms with Gasteiger partial charge in [-0.25, -0.2) is 0 Å². The second kappa shape index (κ2) is 8.68. The van der Waals surface area contributed by atoms with Crippen LogP contribution in [0.3, 0.4) is 0 Å². The molecule has 0 amide bonds. The molecule has 0 fully saturated rings. The van der Waals surface area contributed by atoms with Gasteiger partial charge in [0.05, 0.1) is 0 Å². The van der Waals surface area contributed by atoms with Crippen molar-refractivity contribution >= 4 is 22.7 Å². The lowest BCUT2D eigenvalue weighted by molar-refractivity contribution is -0.128. The molecule has 1 aliphatic rings. The zero-order valence-electron chi connectivity index (χ0n) is 17.3. The summed E-state index contributed by atoms with van der Waals surface area (Å²) < 4.78 is 0. The predicted molar refractivity (Wildman–Crippen MR) is 116 cm³/mol. The second-order valence-corrected chi connectivity index (χ2v) is 7.85. The molecule has 2 nitrogen and oxygen atoms in total. The lowest BCUT2D eigenvalue weighted by atomic mass is 9.59. The number of carbonyl (C=O) groups is 2. The highest BCUT2D eigenvalue weighted by Gasteiger charge is 2.45. The summed E-state index contributed by atoms with van der Waals surface area (Å²) in [5.74, 6) is 0.168. The van der Waals surface area contributed by atoms with Gasteiger partial charge in [0.1, 0.15) is 11.6 Å². The quantitative estimate of drug-likeness (QED) is 0.614. The molecule has 0 N–H and O–H groups in total. The fraction of sp³-hybridized carbons (Fsp3) is 0.385. The number of Topliss-reactive ketones (excluding diaryl/α,β-unsaturated/α-hetero) is 2. The van der Waals surface area contributed by atoms with Gasteiger partial charge in [-0.3, -0.25) is 9.59 Å². The monoisotopic (exact) mass is 374 g/mol. The first kappa shape index (κ1) is 20.3. The molecule has 0 saturated carbocycles. The molecule has 2 heteroatoms. The van der Waals surface area contributed by atoms with Crippen LogP contribution in [0.2, 0.25) is 0 Å². The molecule has 0 radical (unpaired) electrons. The Labute approximate surface area is 168 Å². The van der Waals surface area contributed by atoms with Crippen LogP contribution in [0, 0.1) is 23.7 Å². The third-order valence-electron chi connectivity index (χ3n) is 6.27. The molecule has 0 aliphatic heterocycles. The van der Waals surface area contributed by atoms with E-state index in [9.17, 15) is 9.59 Å². The zero-order valence-corrected chi connectivity index (χ0v) is 17.3. The van der Waals surface area contributed by atoms with Crippen molar-refractivity contribution in [1.29, 1.82) is 0 Å². The first-order valence-corrected chi connectivity index (χ1v) is 10.4. The van der Waals surface area contributed by atoms with Crippen molar-refractivity contribution in [2.45, 2.75) is 40.5 Å². The Balaban J connectivity index is 2.34. The van der Waals surface area contributed by atoms with Gasteiger partial charge in [0, 0.05) is 24.7 Å². The molecule has 2 aromatic carbocycles. The molecule has 0 heterocycles. The highest BCUT2D eigenvalue weighted by atomic mass is 16.1. The van der Waals surface area contributed by atoms with Crippen LogP contribution in [0.1, 0.15) is 51.7 Å². The first-order chi connectivity index (χ1) is 13.5. The maximum atomic E-state index is 13.2. The number of carbonyl (C=O) groups excluding carboxylic acids is 2. The van der Waals surface area contributed by atoms with E-state index in [4.69, 9.17) is 0 Å². The summed E-state index contributed by atoms with van der Waals surface area (Å²) in [6.45, 7) is 8.11. The van der Waals surface area contributed by atoms with Crippen LogP contribution in [0.25, 0.3) is 11.1 Å². The van der Waals surface area contributed by atoms with E-state index in [2.05, 4.69) is 38.1 Å². The molecule has 146 valence electrons. The third kappa shape index (κ3) is 3.61. The molecule has 0 bridgehead atoms. The molecular formula is C26H30O2. The minimum Gasteiger partial charge on any atom is -0.299 e. The fourth-order valence-corrected chi connectivity index (χ4v) is 4.99. The molecule has 0 saturated heterocycles. The van der Waals surface area contributed by atoms with Crippen molar-refractivity contribution in [2.75, 3.05) is 0 Å². The fourth-order valence-electron chi connectivity index (χ4n) is 4.99. The number of rotatable bonds is 6. The standard InChI is InChI=1S/C26H30O2/c1-5-21(27)23-17(3)24(19-13-9-7-10-14-19)26(20-15-11-8-12-16-20)25(18(23)4)22(28)6-2/h7-18,23,25H,5-6H2,1-4H3/t17-,18+,23+,25+/m1/s1. The second-order valence-electron chi connectivity index (χ2n) is 7.85.